The van der Waals surface area contributed by atoms with Crippen LogP contribution in [0, 0.1) is 0 Å². The quantitative estimate of drug-likeness (QED) is 0.776. The molecule has 0 amide bonds. The van der Waals surface area contributed by atoms with Crippen molar-refractivity contribution >= 4 is 11.6 Å². The number of halogens is 1. The highest BCUT2D eigenvalue weighted by Gasteiger charge is 2.38. The van der Waals surface area contributed by atoms with E-state index >= 15 is 0 Å². The molecule has 14 heavy (non-hydrogen) atoms. The molecule has 1 unspecified atom stereocenters. The van der Waals surface area contributed by atoms with Crippen LogP contribution in [0.25, 0.3) is 0 Å². The molecule has 1 aromatic rings. The molecule has 1 aliphatic rings. The minimum absolute atomic E-state index is 0.281. The lowest BCUT2D eigenvalue weighted by molar-refractivity contribution is 0.466. The van der Waals surface area contributed by atoms with Gasteiger partial charge in [-0.05, 0) is 32.8 Å². The number of nitrogens with one attached hydrogen (secondary N) is 1. The van der Waals surface area contributed by atoms with Crippen LogP contribution in [0.5, 0.6) is 0 Å². The first kappa shape index (κ1) is 9.94. The number of hydrogen-bond acceptors (Lipinski definition) is 2. The van der Waals surface area contributed by atoms with E-state index in [1.54, 1.807) is 6.20 Å². The van der Waals surface area contributed by atoms with Gasteiger partial charge in [-0.2, -0.15) is 0 Å². The maximum Gasteiger partial charge on any atom is 0.133 e. The summed E-state index contributed by atoms with van der Waals surface area (Å²) in [5, 5.41) is 4.17. The van der Waals surface area contributed by atoms with Gasteiger partial charge in [-0.15, -0.1) is 0 Å². The summed E-state index contributed by atoms with van der Waals surface area (Å²) in [7, 11) is 0. The van der Waals surface area contributed by atoms with Crippen molar-refractivity contribution in [3.63, 3.8) is 0 Å². The van der Waals surface area contributed by atoms with Gasteiger partial charge < -0.3 is 5.32 Å². The third-order valence-corrected chi connectivity index (χ3v) is 3.14. The summed E-state index contributed by atoms with van der Waals surface area (Å²) in [6, 6.07) is 4.23. The predicted molar refractivity (Wildman–Crippen MR) is 58.4 cm³/mol. The van der Waals surface area contributed by atoms with E-state index in [4.69, 9.17) is 11.6 Å². The summed E-state index contributed by atoms with van der Waals surface area (Å²) in [6.45, 7) is 4.38. The second-order valence-electron chi connectivity index (χ2n) is 4.31. The average Bonchev–Trinajstić information content (AvgIpc) is 2.84. The van der Waals surface area contributed by atoms with Crippen LogP contribution in [0.3, 0.4) is 0 Å². The van der Waals surface area contributed by atoms with Crippen molar-refractivity contribution in [3.8, 4) is 0 Å². The molecule has 2 rings (SSSR count). The molecular weight excluding hydrogens is 196 g/mol. The minimum atomic E-state index is 0.281. The fraction of sp³-hybridized carbons (Fsp3) is 0.545. The Balaban J connectivity index is 2.10. The Morgan fingerprint density at radius 2 is 2.29 bits per heavy atom. The van der Waals surface area contributed by atoms with Gasteiger partial charge in [0.25, 0.3) is 0 Å². The Labute approximate surface area is 89.7 Å². The standard InChI is InChI=1S/C11H15ClN2/c1-8(14-11(2)5-6-11)9-4-3-7-13-10(9)12/h3-4,7-8,14H,5-6H2,1-2H3. The van der Waals surface area contributed by atoms with Gasteiger partial charge in [-0.1, -0.05) is 17.7 Å². The van der Waals surface area contributed by atoms with E-state index in [9.17, 15) is 0 Å². The first-order valence-corrected chi connectivity index (χ1v) is 5.37. The molecule has 2 nitrogen and oxygen atoms in total. The molecule has 76 valence electrons. The number of rotatable bonds is 3. The van der Waals surface area contributed by atoms with Gasteiger partial charge in [-0.3, -0.25) is 0 Å². The normalized spacial score (nSPS) is 20.5. The number of aromatic nitrogens is 1. The van der Waals surface area contributed by atoms with E-state index in [0.717, 1.165) is 5.56 Å². The molecule has 1 aliphatic carbocycles. The van der Waals surface area contributed by atoms with E-state index in [0.29, 0.717) is 10.7 Å². The molecule has 0 radical (unpaired) electrons. The van der Waals surface area contributed by atoms with Crippen LogP contribution >= 0.6 is 11.6 Å². The van der Waals surface area contributed by atoms with E-state index in [1.165, 1.54) is 12.8 Å². The van der Waals surface area contributed by atoms with E-state index < -0.39 is 0 Å². The Morgan fingerprint density at radius 1 is 1.57 bits per heavy atom. The Hall–Kier alpha value is -0.600. The summed E-state index contributed by atoms with van der Waals surface area (Å²) < 4.78 is 0. The maximum atomic E-state index is 6.02. The third-order valence-electron chi connectivity index (χ3n) is 2.82. The zero-order chi connectivity index (χ0) is 10.2. The zero-order valence-electron chi connectivity index (χ0n) is 8.55. The summed E-state index contributed by atoms with van der Waals surface area (Å²) in [5.41, 5.74) is 1.42. The Morgan fingerprint density at radius 3 is 2.86 bits per heavy atom. The molecule has 0 saturated heterocycles. The predicted octanol–water partition coefficient (Wildman–Crippen LogP) is 2.94. The van der Waals surface area contributed by atoms with Crippen molar-refractivity contribution in [3.05, 3.63) is 29.0 Å². The topological polar surface area (TPSA) is 24.9 Å². The second-order valence-corrected chi connectivity index (χ2v) is 4.67. The van der Waals surface area contributed by atoms with E-state index in [2.05, 4.69) is 24.1 Å². The van der Waals surface area contributed by atoms with Crippen LogP contribution in [0.1, 0.15) is 38.3 Å². The molecule has 1 heterocycles. The number of hydrogen-bond donors (Lipinski definition) is 1. The van der Waals surface area contributed by atoms with Crippen molar-refractivity contribution < 1.29 is 0 Å². The van der Waals surface area contributed by atoms with Crippen molar-refractivity contribution in [1.82, 2.24) is 10.3 Å². The molecule has 3 heteroatoms. The van der Waals surface area contributed by atoms with Crippen LogP contribution < -0.4 is 5.32 Å². The summed E-state index contributed by atoms with van der Waals surface area (Å²) in [6.07, 6.45) is 4.24. The third kappa shape index (κ3) is 2.07. The highest BCUT2D eigenvalue weighted by atomic mass is 35.5. The van der Waals surface area contributed by atoms with Crippen LogP contribution in [0.4, 0.5) is 0 Å². The van der Waals surface area contributed by atoms with Gasteiger partial charge in [0.2, 0.25) is 0 Å². The first-order chi connectivity index (χ1) is 6.61. The largest absolute Gasteiger partial charge is 0.305 e. The molecule has 1 aromatic heterocycles. The molecule has 0 bridgehead atoms. The fourth-order valence-corrected chi connectivity index (χ4v) is 1.94. The van der Waals surface area contributed by atoms with Crippen LogP contribution in [-0.4, -0.2) is 10.5 Å². The van der Waals surface area contributed by atoms with Gasteiger partial charge in [-0.25, -0.2) is 4.98 Å². The lowest BCUT2D eigenvalue weighted by Gasteiger charge is -2.19. The van der Waals surface area contributed by atoms with E-state index in [-0.39, 0.29) is 6.04 Å². The Bertz CT molecular complexity index is 334. The summed E-state index contributed by atoms with van der Waals surface area (Å²) >= 11 is 6.02. The van der Waals surface area contributed by atoms with Crippen LogP contribution in [0.2, 0.25) is 5.15 Å². The van der Waals surface area contributed by atoms with Gasteiger partial charge in [0, 0.05) is 23.3 Å². The fourth-order valence-electron chi connectivity index (χ4n) is 1.65. The Kier molecular flexibility index (Phi) is 2.50. The van der Waals surface area contributed by atoms with Crippen molar-refractivity contribution in [2.24, 2.45) is 0 Å². The van der Waals surface area contributed by atoms with Crippen LogP contribution in [-0.2, 0) is 0 Å². The van der Waals surface area contributed by atoms with Crippen molar-refractivity contribution in [1.29, 1.82) is 0 Å². The molecule has 1 atom stereocenters. The average molecular weight is 211 g/mol. The minimum Gasteiger partial charge on any atom is -0.305 e. The lowest BCUT2D eigenvalue weighted by Crippen LogP contribution is -2.30. The molecule has 0 aliphatic heterocycles. The highest BCUT2D eigenvalue weighted by molar-refractivity contribution is 6.30. The molecule has 0 spiro atoms. The monoisotopic (exact) mass is 210 g/mol. The lowest BCUT2D eigenvalue weighted by atomic mass is 10.1. The van der Waals surface area contributed by atoms with Crippen LogP contribution in [0.15, 0.2) is 18.3 Å². The number of nitrogens with zero attached hydrogens (tertiary/aromatic N) is 1. The molecule has 1 fully saturated rings. The molecule has 0 aromatic carbocycles. The molecular formula is C11H15ClN2. The van der Waals surface area contributed by atoms with Gasteiger partial charge >= 0.3 is 0 Å². The van der Waals surface area contributed by atoms with Crippen molar-refractivity contribution in [2.75, 3.05) is 0 Å². The van der Waals surface area contributed by atoms with E-state index in [1.807, 2.05) is 12.1 Å². The second kappa shape index (κ2) is 3.52. The first-order valence-electron chi connectivity index (χ1n) is 4.99. The zero-order valence-corrected chi connectivity index (χ0v) is 9.30. The van der Waals surface area contributed by atoms with Gasteiger partial charge in [0.05, 0.1) is 0 Å². The highest BCUT2D eigenvalue weighted by Crippen LogP contribution is 2.37. The number of pyridine rings is 1. The van der Waals surface area contributed by atoms with Crippen molar-refractivity contribution in [2.45, 2.75) is 38.3 Å². The SMILES string of the molecule is CC(NC1(C)CC1)c1cccnc1Cl. The summed E-state index contributed by atoms with van der Waals surface area (Å²) in [4.78, 5) is 4.08. The molecule has 1 N–H and O–H groups in total. The van der Waals surface area contributed by atoms with Gasteiger partial charge in [0.15, 0.2) is 0 Å². The molecule has 1 saturated carbocycles. The van der Waals surface area contributed by atoms with Gasteiger partial charge in [0.1, 0.15) is 5.15 Å². The maximum absolute atomic E-state index is 6.02. The summed E-state index contributed by atoms with van der Waals surface area (Å²) in [5.74, 6) is 0. The smallest absolute Gasteiger partial charge is 0.133 e.